The van der Waals surface area contributed by atoms with Gasteiger partial charge >= 0.3 is 6.09 Å². The number of aliphatic hydroxyl groups excluding tert-OH is 1. The van der Waals surface area contributed by atoms with Gasteiger partial charge in [0.15, 0.2) is 0 Å². The van der Waals surface area contributed by atoms with Gasteiger partial charge in [-0.05, 0) is 20.8 Å². The van der Waals surface area contributed by atoms with Crippen molar-refractivity contribution in [2.24, 2.45) is 11.8 Å². The van der Waals surface area contributed by atoms with E-state index < -0.39 is 22.5 Å². The number of amides is 1. The van der Waals surface area contributed by atoms with Crippen LogP contribution in [0.15, 0.2) is 0 Å². The van der Waals surface area contributed by atoms with Gasteiger partial charge in [-0.2, -0.15) is 0 Å². The van der Waals surface area contributed by atoms with Crippen molar-refractivity contribution in [3.63, 3.8) is 0 Å². The van der Waals surface area contributed by atoms with Gasteiger partial charge in [0, 0.05) is 47.2 Å². The summed E-state index contributed by atoms with van der Waals surface area (Å²) < 4.78 is 16.9. The molecule has 0 saturated carbocycles. The van der Waals surface area contributed by atoms with Crippen LogP contribution >= 0.6 is 0 Å². The molecule has 2 atom stereocenters. The van der Waals surface area contributed by atoms with Crippen molar-refractivity contribution in [2.45, 2.75) is 32.5 Å². The minimum atomic E-state index is -0.856. The summed E-state index contributed by atoms with van der Waals surface area (Å²) in [4.78, 5) is 13.6. The van der Waals surface area contributed by atoms with E-state index in [0.29, 0.717) is 24.6 Å². The lowest BCUT2D eigenvalue weighted by molar-refractivity contribution is -0.0282. The molecule has 0 spiro atoms. The molecule has 1 N–H and O–H groups in total. The molecule has 0 radical (unpaired) electrons. The van der Waals surface area contributed by atoms with Crippen molar-refractivity contribution >= 4 is 16.9 Å². The van der Waals surface area contributed by atoms with E-state index in [-0.39, 0.29) is 17.9 Å². The summed E-state index contributed by atoms with van der Waals surface area (Å²) in [5.74, 6) is 0.810. The Morgan fingerprint density at radius 1 is 1.28 bits per heavy atom. The molecule has 0 aromatic carbocycles. The molecule has 2 aliphatic heterocycles. The molecule has 2 aliphatic rings. The summed E-state index contributed by atoms with van der Waals surface area (Å²) in [6, 6.07) is 0. The monoisotopic (exact) mass is 275 g/mol. The summed E-state index contributed by atoms with van der Waals surface area (Å²) >= 11 is 0. The molecule has 6 heteroatoms. The molecule has 5 nitrogen and oxygen atoms in total. The number of carbonyl (C=O) groups excluding carboxylic acids is 1. The smallest absolute Gasteiger partial charge is 0.410 e. The maximum absolute atomic E-state index is 12.0. The van der Waals surface area contributed by atoms with Gasteiger partial charge in [0.1, 0.15) is 5.60 Å². The molecular formula is C12H21NO4S. The molecule has 2 bridgehead atoms. The quantitative estimate of drug-likeness (QED) is 0.703. The average molecular weight is 275 g/mol. The highest BCUT2D eigenvalue weighted by Crippen LogP contribution is 2.29. The molecule has 1 amide bonds. The van der Waals surface area contributed by atoms with Crippen LogP contribution in [0.25, 0.3) is 0 Å². The number of hydrogen-bond acceptors (Lipinski definition) is 4. The van der Waals surface area contributed by atoms with E-state index in [9.17, 15) is 14.1 Å². The number of aliphatic hydroxyl groups is 1. The number of likely N-dealkylation sites (tertiary alicyclic amines) is 1. The fourth-order valence-electron chi connectivity index (χ4n) is 2.57. The third-order valence-corrected chi connectivity index (χ3v) is 4.93. The first kappa shape index (κ1) is 13.8. The van der Waals surface area contributed by atoms with Crippen LogP contribution < -0.4 is 0 Å². The van der Waals surface area contributed by atoms with Gasteiger partial charge in [0.05, 0.1) is 6.10 Å². The predicted octanol–water partition coefficient (Wildman–Crippen LogP) is 0.593. The Bertz CT molecular complexity index is 348. The topological polar surface area (TPSA) is 66.8 Å². The lowest BCUT2D eigenvalue weighted by Gasteiger charge is -2.44. The van der Waals surface area contributed by atoms with Gasteiger partial charge in [-0.25, -0.2) is 4.79 Å². The number of ether oxygens (including phenoxy) is 1. The Kier molecular flexibility index (Phi) is 3.69. The van der Waals surface area contributed by atoms with Gasteiger partial charge in [-0.15, -0.1) is 0 Å². The summed E-state index contributed by atoms with van der Waals surface area (Å²) in [5, 5.41) is 10.0. The van der Waals surface area contributed by atoms with Crippen molar-refractivity contribution in [3.8, 4) is 0 Å². The molecule has 18 heavy (non-hydrogen) atoms. The van der Waals surface area contributed by atoms with Crippen LogP contribution in [0.2, 0.25) is 0 Å². The second-order valence-electron chi connectivity index (χ2n) is 6.17. The minimum absolute atomic E-state index is 0.0779. The summed E-state index contributed by atoms with van der Waals surface area (Å²) in [5.41, 5.74) is -0.509. The fourth-order valence-corrected chi connectivity index (χ4v) is 4.26. The molecule has 0 aromatic heterocycles. The van der Waals surface area contributed by atoms with Crippen molar-refractivity contribution in [1.82, 2.24) is 4.90 Å². The van der Waals surface area contributed by atoms with Crippen LogP contribution in [0.3, 0.4) is 0 Å². The zero-order chi connectivity index (χ0) is 13.5. The molecule has 104 valence electrons. The van der Waals surface area contributed by atoms with E-state index >= 15 is 0 Å². The highest BCUT2D eigenvalue weighted by atomic mass is 32.2. The van der Waals surface area contributed by atoms with Gasteiger partial charge in [-0.1, -0.05) is 0 Å². The molecule has 0 aromatic rings. The molecule has 2 unspecified atom stereocenters. The molecule has 0 aliphatic carbocycles. The van der Waals surface area contributed by atoms with Crippen LogP contribution in [0.1, 0.15) is 20.8 Å². The zero-order valence-electron chi connectivity index (χ0n) is 11.1. The molecule has 2 saturated heterocycles. The normalized spacial score (nSPS) is 36.3. The molecule has 2 rings (SSSR count). The van der Waals surface area contributed by atoms with Crippen LogP contribution in [-0.2, 0) is 15.5 Å². The molecular weight excluding hydrogens is 254 g/mol. The van der Waals surface area contributed by atoms with Crippen molar-refractivity contribution in [2.75, 3.05) is 24.6 Å². The van der Waals surface area contributed by atoms with Gasteiger partial charge < -0.3 is 14.7 Å². The Balaban J connectivity index is 2.02. The lowest BCUT2D eigenvalue weighted by atomic mass is 9.88. The third kappa shape index (κ3) is 3.03. The first-order valence-corrected chi connectivity index (χ1v) is 7.76. The summed E-state index contributed by atoms with van der Waals surface area (Å²) in [6.07, 6.45) is -0.765. The van der Waals surface area contributed by atoms with Gasteiger partial charge in [0.25, 0.3) is 0 Å². The Labute approximate surface area is 110 Å². The Morgan fingerprint density at radius 3 is 2.22 bits per heavy atom. The van der Waals surface area contributed by atoms with Crippen molar-refractivity contribution in [1.29, 1.82) is 0 Å². The number of carbonyl (C=O) groups is 1. The second-order valence-corrected chi connectivity index (χ2v) is 7.72. The van der Waals surface area contributed by atoms with Crippen LogP contribution in [0, 0.1) is 11.8 Å². The molecule has 2 fully saturated rings. The fraction of sp³-hybridized carbons (Fsp3) is 0.917. The van der Waals surface area contributed by atoms with Crippen molar-refractivity contribution < 1.29 is 18.8 Å². The summed E-state index contributed by atoms with van der Waals surface area (Å²) in [7, 11) is -0.856. The van der Waals surface area contributed by atoms with E-state index in [0.717, 1.165) is 0 Å². The molecule has 2 heterocycles. The highest BCUT2D eigenvalue weighted by Gasteiger charge is 2.43. The van der Waals surface area contributed by atoms with E-state index in [1.807, 2.05) is 20.8 Å². The number of nitrogens with zero attached hydrogens (tertiary/aromatic N) is 1. The van der Waals surface area contributed by atoms with E-state index in [1.54, 1.807) is 4.90 Å². The largest absolute Gasteiger partial charge is 0.444 e. The van der Waals surface area contributed by atoms with E-state index in [2.05, 4.69) is 0 Å². The number of piperidine rings is 1. The highest BCUT2D eigenvalue weighted by molar-refractivity contribution is 7.85. The van der Waals surface area contributed by atoms with Crippen LogP contribution in [0.5, 0.6) is 0 Å². The maximum Gasteiger partial charge on any atom is 0.410 e. The minimum Gasteiger partial charge on any atom is -0.444 e. The van der Waals surface area contributed by atoms with Gasteiger partial charge in [-0.3, -0.25) is 4.21 Å². The summed E-state index contributed by atoms with van der Waals surface area (Å²) in [6.45, 7) is 6.38. The standard InChI is InChI=1S/C12H21NO4S/c1-12(2,3)17-11(15)13-4-8-6-18(16)7-9(5-13)10(8)14/h8-10,14H,4-7H2,1-3H3. The van der Waals surface area contributed by atoms with Crippen molar-refractivity contribution in [3.05, 3.63) is 0 Å². The zero-order valence-corrected chi connectivity index (χ0v) is 11.9. The SMILES string of the molecule is CC(C)(C)OC(=O)N1CC2CS(=O)CC(C1)C2O. The van der Waals surface area contributed by atoms with Crippen LogP contribution in [0.4, 0.5) is 4.79 Å². The van der Waals surface area contributed by atoms with E-state index in [4.69, 9.17) is 4.74 Å². The predicted molar refractivity (Wildman–Crippen MR) is 68.7 cm³/mol. The second kappa shape index (κ2) is 4.81. The number of hydrogen-bond donors (Lipinski definition) is 1. The van der Waals surface area contributed by atoms with Gasteiger partial charge in [0.2, 0.25) is 0 Å². The Hall–Kier alpha value is -0.620. The van der Waals surface area contributed by atoms with Crippen LogP contribution in [-0.4, -0.2) is 56.6 Å². The Morgan fingerprint density at radius 2 is 1.78 bits per heavy atom. The number of fused-ring (bicyclic) bond motifs is 2. The third-order valence-electron chi connectivity index (χ3n) is 3.33. The van der Waals surface area contributed by atoms with E-state index in [1.165, 1.54) is 0 Å². The average Bonchev–Trinajstić information content (AvgIpc) is 2.17. The maximum atomic E-state index is 12.0. The number of rotatable bonds is 0. The first-order chi connectivity index (χ1) is 8.26. The first-order valence-electron chi connectivity index (χ1n) is 6.27. The lowest BCUT2D eigenvalue weighted by Crippen LogP contribution is -2.57.